The van der Waals surface area contributed by atoms with E-state index in [9.17, 15) is 22.8 Å². The van der Waals surface area contributed by atoms with Gasteiger partial charge in [0.2, 0.25) is 5.91 Å². The summed E-state index contributed by atoms with van der Waals surface area (Å²) in [4.78, 5) is 29.6. The van der Waals surface area contributed by atoms with Crippen LogP contribution in [0.15, 0.2) is 18.2 Å². The van der Waals surface area contributed by atoms with E-state index in [1.165, 1.54) is 17.0 Å². The number of nitrogens with zero attached hydrogens (tertiary/aromatic N) is 2. The molecule has 26 heavy (non-hydrogen) atoms. The third-order valence-corrected chi connectivity index (χ3v) is 4.63. The number of anilines is 1. The van der Waals surface area contributed by atoms with Crippen LogP contribution in [0.25, 0.3) is 0 Å². The van der Waals surface area contributed by atoms with Crippen LogP contribution in [0.2, 0.25) is 0 Å². The van der Waals surface area contributed by atoms with Crippen LogP contribution in [0, 0.1) is 5.92 Å². The molecule has 1 saturated carbocycles. The summed E-state index contributed by atoms with van der Waals surface area (Å²) in [6.07, 6.45) is -2.21. The van der Waals surface area contributed by atoms with Crippen LogP contribution in [0.4, 0.5) is 23.8 Å². The molecule has 0 aromatic carbocycles. The smallest absolute Gasteiger partial charge is 0.433 e. The zero-order valence-corrected chi connectivity index (χ0v) is 14.3. The van der Waals surface area contributed by atoms with Crippen LogP contribution in [-0.2, 0) is 15.7 Å². The van der Waals surface area contributed by atoms with E-state index in [0.717, 1.165) is 25.3 Å². The van der Waals surface area contributed by atoms with Crippen molar-refractivity contribution in [1.82, 2.24) is 9.88 Å². The number of fused-ring (bicyclic) bond motifs is 1. The minimum atomic E-state index is -4.59. The van der Waals surface area contributed by atoms with E-state index in [1.807, 2.05) is 6.92 Å². The minimum Gasteiger partial charge on any atom is -0.449 e. The van der Waals surface area contributed by atoms with Crippen LogP contribution in [-0.4, -0.2) is 40.6 Å². The number of piperidine rings is 1. The molecular formula is C17H20F3N3O3. The first kappa shape index (κ1) is 18.5. The van der Waals surface area contributed by atoms with E-state index in [0.29, 0.717) is 6.42 Å². The van der Waals surface area contributed by atoms with Crippen LogP contribution in [0.1, 0.15) is 38.3 Å². The predicted molar refractivity (Wildman–Crippen MR) is 86.3 cm³/mol. The lowest BCUT2D eigenvalue weighted by Gasteiger charge is -2.26. The maximum atomic E-state index is 12.7. The normalized spacial score (nSPS) is 24.2. The van der Waals surface area contributed by atoms with Gasteiger partial charge >= 0.3 is 12.3 Å². The van der Waals surface area contributed by atoms with Crippen LogP contribution < -0.4 is 5.32 Å². The van der Waals surface area contributed by atoms with Gasteiger partial charge in [-0.15, -0.1) is 0 Å². The molecule has 1 saturated heterocycles. The second-order valence-corrected chi connectivity index (χ2v) is 6.58. The first-order valence-electron chi connectivity index (χ1n) is 8.61. The summed E-state index contributed by atoms with van der Waals surface area (Å²) in [7, 11) is 0. The number of likely N-dealkylation sites (tertiary alicyclic amines) is 1. The number of hydrogen-bond donors (Lipinski definition) is 1. The molecule has 0 spiro atoms. The number of unbranched alkanes of at least 4 members (excludes halogenated alkanes) is 1. The monoisotopic (exact) mass is 371 g/mol. The van der Waals surface area contributed by atoms with Gasteiger partial charge in [0.15, 0.2) is 0 Å². The Labute approximate surface area is 148 Å². The van der Waals surface area contributed by atoms with Crippen molar-refractivity contribution in [2.75, 3.05) is 11.9 Å². The molecule has 6 nitrogen and oxygen atoms in total. The molecule has 3 unspecified atom stereocenters. The quantitative estimate of drug-likeness (QED) is 0.805. The molecular weight excluding hydrogens is 351 g/mol. The van der Waals surface area contributed by atoms with E-state index in [4.69, 9.17) is 4.74 Å². The Balaban J connectivity index is 1.66. The first-order chi connectivity index (χ1) is 12.3. The Morgan fingerprint density at radius 2 is 2.12 bits per heavy atom. The van der Waals surface area contributed by atoms with Gasteiger partial charge in [0.1, 0.15) is 17.6 Å². The summed E-state index contributed by atoms with van der Waals surface area (Å²) in [5, 5.41) is 2.39. The number of ether oxygens (including phenoxy) is 1. The molecule has 1 N–H and O–H groups in total. The van der Waals surface area contributed by atoms with Gasteiger partial charge in [-0.1, -0.05) is 19.4 Å². The van der Waals surface area contributed by atoms with Crippen molar-refractivity contribution in [3.05, 3.63) is 23.9 Å². The minimum absolute atomic E-state index is 0.0191. The molecule has 3 atom stereocenters. The average Bonchev–Trinajstić information content (AvgIpc) is 3.24. The van der Waals surface area contributed by atoms with Crippen molar-refractivity contribution in [3.63, 3.8) is 0 Å². The molecule has 2 amide bonds. The molecule has 1 aromatic rings. The fourth-order valence-electron chi connectivity index (χ4n) is 3.20. The number of halogens is 3. The molecule has 142 valence electrons. The number of alkyl halides is 3. The molecule has 1 aliphatic carbocycles. The molecule has 9 heteroatoms. The van der Waals surface area contributed by atoms with Crippen LogP contribution in [0.5, 0.6) is 0 Å². The van der Waals surface area contributed by atoms with Gasteiger partial charge in [-0.05, 0) is 37.3 Å². The standard InChI is InChI=1S/C17H20F3N3O3/c1-2-3-7-26-16(25)23-11-8-10(11)9-12(23)15(24)22-14-6-4-5-13(21-14)17(18,19)20/h4-6,10-12H,2-3,7-9H2,1H3,(H,21,22,24). The van der Waals surface area contributed by atoms with Gasteiger partial charge in [-0.3, -0.25) is 9.69 Å². The third kappa shape index (κ3) is 3.91. The van der Waals surface area contributed by atoms with Gasteiger partial charge in [-0.25, -0.2) is 9.78 Å². The molecule has 1 aliphatic heterocycles. The molecule has 0 radical (unpaired) electrons. The first-order valence-corrected chi connectivity index (χ1v) is 8.61. The number of amides is 2. The zero-order chi connectivity index (χ0) is 18.9. The zero-order valence-electron chi connectivity index (χ0n) is 14.3. The molecule has 2 aliphatic rings. The van der Waals surface area contributed by atoms with E-state index >= 15 is 0 Å². The highest BCUT2D eigenvalue weighted by Crippen LogP contribution is 2.48. The number of aromatic nitrogens is 1. The second-order valence-electron chi connectivity index (χ2n) is 6.58. The highest BCUT2D eigenvalue weighted by atomic mass is 19.4. The number of pyridine rings is 1. The van der Waals surface area contributed by atoms with Crippen molar-refractivity contribution in [2.45, 2.75) is 50.9 Å². The average molecular weight is 371 g/mol. The Bertz CT molecular complexity index is 695. The SMILES string of the molecule is CCCCOC(=O)N1C(C(=O)Nc2cccc(C(F)(F)F)n2)CC2CC21. The van der Waals surface area contributed by atoms with Crippen molar-refractivity contribution >= 4 is 17.8 Å². The number of nitrogens with one attached hydrogen (secondary N) is 1. The number of carbonyl (C=O) groups is 2. The predicted octanol–water partition coefficient (Wildman–Crippen LogP) is 3.44. The van der Waals surface area contributed by atoms with Crippen molar-refractivity contribution in [1.29, 1.82) is 0 Å². The molecule has 3 rings (SSSR count). The molecule has 2 fully saturated rings. The molecule has 1 aromatic heterocycles. The highest BCUT2D eigenvalue weighted by molar-refractivity contribution is 5.96. The fraction of sp³-hybridized carbons (Fsp3) is 0.588. The fourth-order valence-corrected chi connectivity index (χ4v) is 3.20. The summed E-state index contributed by atoms with van der Waals surface area (Å²) in [5.74, 6) is -0.486. The lowest BCUT2D eigenvalue weighted by molar-refractivity contribution is -0.141. The summed E-state index contributed by atoms with van der Waals surface area (Å²) < 4.78 is 43.4. The topological polar surface area (TPSA) is 71.5 Å². The Morgan fingerprint density at radius 3 is 2.81 bits per heavy atom. The lowest BCUT2D eigenvalue weighted by Crippen LogP contribution is -2.45. The van der Waals surface area contributed by atoms with Crippen molar-refractivity contribution in [2.24, 2.45) is 5.92 Å². The maximum Gasteiger partial charge on any atom is 0.433 e. The maximum absolute atomic E-state index is 12.7. The van der Waals surface area contributed by atoms with E-state index < -0.39 is 29.9 Å². The number of carbonyl (C=O) groups excluding carboxylic acids is 2. The van der Waals surface area contributed by atoms with Gasteiger partial charge in [0, 0.05) is 6.04 Å². The lowest BCUT2D eigenvalue weighted by atomic mass is 10.1. The van der Waals surface area contributed by atoms with Crippen molar-refractivity contribution in [3.8, 4) is 0 Å². The summed E-state index contributed by atoms with van der Waals surface area (Å²) >= 11 is 0. The van der Waals surface area contributed by atoms with Crippen LogP contribution >= 0.6 is 0 Å². The van der Waals surface area contributed by atoms with E-state index in [2.05, 4.69) is 10.3 Å². The highest BCUT2D eigenvalue weighted by Gasteiger charge is 2.56. The number of hydrogen-bond acceptors (Lipinski definition) is 4. The summed E-state index contributed by atoms with van der Waals surface area (Å²) in [6, 6.07) is 2.53. The summed E-state index contributed by atoms with van der Waals surface area (Å²) in [5.41, 5.74) is -1.08. The van der Waals surface area contributed by atoms with E-state index in [-0.39, 0.29) is 24.4 Å². The number of rotatable bonds is 5. The van der Waals surface area contributed by atoms with E-state index in [1.54, 1.807) is 0 Å². The molecule has 0 bridgehead atoms. The van der Waals surface area contributed by atoms with Crippen LogP contribution in [0.3, 0.4) is 0 Å². The van der Waals surface area contributed by atoms with Gasteiger partial charge in [0.25, 0.3) is 0 Å². The van der Waals surface area contributed by atoms with Gasteiger partial charge in [0.05, 0.1) is 6.61 Å². The largest absolute Gasteiger partial charge is 0.449 e. The Morgan fingerprint density at radius 1 is 1.35 bits per heavy atom. The Kier molecular flexibility index (Phi) is 5.06. The Hall–Kier alpha value is -2.32. The summed E-state index contributed by atoms with van der Waals surface area (Å²) in [6.45, 7) is 2.26. The van der Waals surface area contributed by atoms with Gasteiger partial charge < -0.3 is 10.1 Å². The third-order valence-electron chi connectivity index (χ3n) is 4.63. The second kappa shape index (κ2) is 7.13. The van der Waals surface area contributed by atoms with Crippen molar-refractivity contribution < 1.29 is 27.5 Å². The van der Waals surface area contributed by atoms with Gasteiger partial charge in [-0.2, -0.15) is 13.2 Å². The molecule has 2 heterocycles.